The van der Waals surface area contributed by atoms with E-state index >= 15 is 0 Å². The topological polar surface area (TPSA) is 124 Å². The minimum atomic E-state index is -4.01. The minimum absolute atomic E-state index is 0.0844. The van der Waals surface area contributed by atoms with Crippen LogP contribution in [0.5, 0.6) is 0 Å². The average molecular weight is 464 g/mol. The van der Waals surface area contributed by atoms with Gasteiger partial charge in [0.15, 0.2) is 0 Å². The molecule has 1 fully saturated rings. The molecule has 1 atom stereocenters. The number of amides is 1. The molecular weight excluding hydrogens is 438 g/mol. The van der Waals surface area contributed by atoms with E-state index in [-0.39, 0.29) is 23.7 Å². The summed E-state index contributed by atoms with van der Waals surface area (Å²) in [5.41, 5.74) is 0.869. The number of benzene rings is 1. The standard InChI is InChI=1S/C21H25N3O7S/c1-4-31-20(26)14-7-9-15(10-8-14)22-19(25)17-6-5-11-24(17)32(28,29)16-12-18(21(27)30-3)23(2)13-16/h7-10,12-13,17H,4-6,11H2,1-3H3,(H,22,25)/t17-/m1/s1. The number of carbonyl (C=O) groups is 3. The Morgan fingerprint density at radius 1 is 1.16 bits per heavy atom. The fourth-order valence-electron chi connectivity index (χ4n) is 3.54. The number of aromatic nitrogens is 1. The number of esters is 2. The summed E-state index contributed by atoms with van der Waals surface area (Å²) < 4.78 is 38.5. The summed E-state index contributed by atoms with van der Waals surface area (Å²) in [7, 11) is -1.26. The Balaban J connectivity index is 1.76. The zero-order valence-electron chi connectivity index (χ0n) is 18.0. The lowest BCUT2D eigenvalue weighted by Crippen LogP contribution is -2.43. The van der Waals surface area contributed by atoms with Crippen LogP contribution in [-0.2, 0) is 31.3 Å². The molecule has 1 aliphatic rings. The molecule has 1 N–H and O–H groups in total. The van der Waals surface area contributed by atoms with Gasteiger partial charge in [0.25, 0.3) is 0 Å². The van der Waals surface area contributed by atoms with Gasteiger partial charge in [-0.2, -0.15) is 4.31 Å². The second-order valence-corrected chi connectivity index (χ2v) is 9.11. The van der Waals surface area contributed by atoms with E-state index in [1.807, 2.05) is 0 Å². The third-order valence-electron chi connectivity index (χ3n) is 5.15. The zero-order valence-corrected chi connectivity index (χ0v) is 18.8. The Bertz CT molecular complexity index is 1120. The Labute approximate surface area is 186 Å². The van der Waals surface area contributed by atoms with Crippen molar-refractivity contribution in [2.75, 3.05) is 25.6 Å². The number of nitrogens with one attached hydrogen (secondary N) is 1. The van der Waals surface area contributed by atoms with Crippen molar-refractivity contribution in [1.82, 2.24) is 8.87 Å². The summed E-state index contributed by atoms with van der Waals surface area (Å²) in [6, 6.07) is 6.49. The van der Waals surface area contributed by atoms with Gasteiger partial charge in [0.1, 0.15) is 16.6 Å². The smallest absolute Gasteiger partial charge is 0.354 e. The summed E-state index contributed by atoms with van der Waals surface area (Å²) in [6.45, 7) is 2.15. The van der Waals surface area contributed by atoms with Gasteiger partial charge < -0.3 is 19.4 Å². The molecule has 1 aromatic carbocycles. The van der Waals surface area contributed by atoms with Crippen molar-refractivity contribution >= 4 is 33.6 Å². The van der Waals surface area contributed by atoms with Crippen LogP contribution in [0.15, 0.2) is 41.4 Å². The van der Waals surface area contributed by atoms with Gasteiger partial charge in [0.2, 0.25) is 15.9 Å². The van der Waals surface area contributed by atoms with E-state index in [9.17, 15) is 22.8 Å². The lowest BCUT2D eigenvalue weighted by atomic mass is 10.2. The maximum absolute atomic E-state index is 13.2. The summed E-state index contributed by atoms with van der Waals surface area (Å²) in [5, 5.41) is 2.70. The van der Waals surface area contributed by atoms with Crippen LogP contribution in [0.3, 0.4) is 0 Å². The molecule has 0 unspecified atom stereocenters. The van der Waals surface area contributed by atoms with Crippen molar-refractivity contribution in [3.8, 4) is 0 Å². The van der Waals surface area contributed by atoms with E-state index in [1.54, 1.807) is 26.1 Å². The Kier molecular flexibility index (Phi) is 6.99. The molecule has 1 amide bonds. The molecule has 32 heavy (non-hydrogen) atoms. The molecule has 2 aromatic rings. The fraction of sp³-hybridized carbons (Fsp3) is 0.381. The van der Waals surface area contributed by atoms with Gasteiger partial charge in [-0.05, 0) is 50.1 Å². The van der Waals surface area contributed by atoms with Crippen molar-refractivity contribution in [3.63, 3.8) is 0 Å². The number of rotatable bonds is 7. The zero-order chi connectivity index (χ0) is 23.5. The van der Waals surface area contributed by atoms with Crippen molar-refractivity contribution in [3.05, 3.63) is 47.8 Å². The van der Waals surface area contributed by atoms with Crippen molar-refractivity contribution in [2.45, 2.75) is 30.7 Å². The first-order chi connectivity index (χ1) is 15.2. The lowest BCUT2D eigenvalue weighted by molar-refractivity contribution is -0.119. The molecule has 1 aliphatic heterocycles. The van der Waals surface area contributed by atoms with Gasteiger partial charge in [-0.15, -0.1) is 0 Å². The Morgan fingerprint density at radius 3 is 2.47 bits per heavy atom. The second kappa shape index (κ2) is 9.53. The normalized spacial score (nSPS) is 16.5. The quantitative estimate of drug-likeness (QED) is 0.621. The van der Waals surface area contributed by atoms with Crippen LogP contribution in [0.2, 0.25) is 0 Å². The van der Waals surface area contributed by atoms with Crippen LogP contribution in [-0.4, -0.2) is 61.4 Å². The van der Waals surface area contributed by atoms with E-state index in [4.69, 9.17) is 4.74 Å². The van der Waals surface area contributed by atoms with E-state index in [2.05, 4.69) is 10.1 Å². The SMILES string of the molecule is CCOC(=O)c1ccc(NC(=O)[C@H]2CCCN2S(=O)(=O)c2cc(C(=O)OC)n(C)c2)cc1. The lowest BCUT2D eigenvalue weighted by Gasteiger charge is -2.23. The van der Waals surface area contributed by atoms with E-state index in [1.165, 1.54) is 36.1 Å². The molecule has 11 heteroatoms. The van der Waals surface area contributed by atoms with Gasteiger partial charge in [-0.3, -0.25) is 4.79 Å². The number of hydrogen-bond acceptors (Lipinski definition) is 7. The largest absolute Gasteiger partial charge is 0.464 e. The van der Waals surface area contributed by atoms with Gasteiger partial charge in [-0.1, -0.05) is 0 Å². The number of anilines is 1. The third-order valence-corrected chi connectivity index (χ3v) is 7.02. The molecule has 0 saturated carbocycles. The first-order valence-corrected chi connectivity index (χ1v) is 11.5. The highest BCUT2D eigenvalue weighted by atomic mass is 32.2. The number of ether oxygens (including phenoxy) is 2. The minimum Gasteiger partial charge on any atom is -0.464 e. The summed E-state index contributed by atoms with van der Waals surface area (Å²) >= 11 is 0. The van der Waals surface area contributed by atoms with E-state index < -0.39 is 33.9 Å². The van der Waals surface area contributed by atoms with E-state index in [0.717, 1.165) is 4.31 Å². The number of methoxy groups -OCH3 is 1. The van der Waals surface area contributed by atoms with E-state index in [0.29, 0.717) is 24.1 Å². The number of nitrogens with zero attached hydrogens (tertiary/aromatic N) is 2. The molecule has 0 aliphatic carbocycles. The number of aryl methyl sites for hydroxylation is 1. The third kappa shape index (κ3) is 4.68. The van der Waals surface area contributed by atoms with Crippen molar-refractivity contribution in [1.29, 1.82) is 0 Å². The molecule has 0 spiro atoms. The fourth-order valence-corrected chi connectivity index (χ4v) is 5.27. The van der Waals surface area contributed by atoms with Crippen LogP contribution in [0.1, 0.15) is 40.6 Å². The summed E-state index contributed by atoms with van der Waals surface area (Å²) in [4.78, 5) is 36.4. The molecule has 1 aromatic heterocycles. The highest BCUT2D eigenvalue weighted by molar-refractivity contribution is 7.89. The molecule has 0 bridgehead atoms. The maximum atomic E-state index is 13.2. The highest BCUT2D eigenvalue weighted by Gasteiger charge is 2.40. The molecular formula is C21H25N3O7S. The monoisotopic (exact) mass is 463 g/mol. The number of sulfonamides is 1. The molecule has 1 saturated heterocycles. The number of hydrogen-bond donors (Lipinski definition) is 1. The average Bonchev–Trinajstić information content (AvgIpc) is 3.42. The summed E-state index contributed by atoms with van der Waals surface area (Å²) in [5.74, 6) is -1.59. The Hall–Kier alpha value is -3.18. The van der Waals surface area contributed by atoms with Crippen LogP contribution >= 0.6 is 0 Å². The van der Waals surface area contributed by atoms with Crippen molar-refractivity contribution < 1.29 is 32.3 Å². The predicted octanol–water partition coefficient (Wildman–Crippen LogP) is 1.78. The van der Waals surface area contributed by atoms with Gasteiger partial charge in [0, 0.05) is 25.5 Å². The molecule has 0 radical (unpaired) electrons. The Morgan fingerprint density at radius 2 is 1.84 bits per heavy atom. The first-order valence-electron chi connectivity index (χ1n) is 10.0. The first kappa shape index (κ1) is 23.5. The van der Waals surface area contributed by atoms with Gasteiger partial charge in [0.05, 0.1) is 19.3 Å². The second-order valence-electron chi connectivity index (χ2n) is 7.22. The van der Waals surface area contributed by atoms with Gasteiger partial charge >= 0.3 is 11.9 Å². The molecule has 10 nitrogen and oxygen atoms in total. The highest BCUT2D eigenvalue weighted by Crippen LogP contribution is 2.28. The van der Waals surface area contributed by atoms with Crippen LogP contribution in [0.4, 0.5) is 5.69 Å². The number of carbonyl (C=O) groups excluding carboxylic acids is 3. The van der Waals surface area contributed by atoms with Gasteiger partial charge in [-0.25, -0.2) is 18.0 Å². The maximum Gasteiger partial charge on any atom is 0.354 e. The predicted molar refractivity (Wildman–Crippen MR) is 115 cm³/mol. The van der Waals surface area contributed by atoms with Crippen LogP contribution < -0.4 is 5.32 Å². The van der Waals surface area contributed by atoms with Crippen molar-refractivity contribution in [2.24, 2.45) is 7.05 Å². The molecule has 3 rings (SSSR count). The summed E-state index contributed by atoms with van der Waals surface area (Å²) in [6.07, 6.45) is 2.21. The molecule has 172 valence electrons. The molecule has 2 heterocycles. The van der Waals surface area contributed by atoms with Crippen LogP contribution in [0.25, 0.3) is 0 Å². The van der Waals surface area contributed by atoms with Crippen LogP contribution in [0, 0.1) is 0 Å².